The molecule has 4 aromatic rings. The average Bonchev–Trinajstić information content (AvgIpc) is 3.53. The largest absolute Gasteiger partial charge is 0.458 e. The van der Waals surface area contributed by atoms with E-state index in [1.807, 2.05) is 6.92 Å². The molecule has 204 valence electrons. The number of esters is 1. The van der Waals surface area contributed by atoms with Crippen LogP contribution in [-0.4, -0.2) is 44.0 Å². The number of aromatic nitrogens is 4. The fourth-order valence-corrected chi connectivity index (χ4v) is 4.79. The van der Waals surface area contributed by atoms with Crippen LogP contribution < -0.4 is 16.4 Å². The third kappa shape index (κ3) is 5.10. The van der Waals surface area contributed by atoms with Gasteiger partial charge in [-0.05, 0) is 60.2 Å². The Labute approximate surface area is 228 Å². The minimum atomic E-state index is -0.775. The summed E-state index contributed by atoms with van der Waals surface area (Å²) >= 11 is 0. The van der Waals surface area contributed by atoms with Gasteiger partial charge in [0.05, 0.1) is 17.8 Å². The highest BCUT2D eigenvalue weighted by Gasteiger charge is 2.29. The summed E-state index contributed by atoms with van der Waals surface area (Å²) in [6.45, 7) is 5.64. The Hall–Kier alpha value is -5.13. The van der Waals surface area contributed by atoms with E-state index in [1.54, 1.807) is 24.3 Å². The molecule has 1 aromatic carbocycles. The summed E-state index contributed by atoms with van der Waals surface area (Å²) < 4.78 is 20.7. The second-order valence-corrected chi connectivity index (χ2v) is 9.28. The fraction of sp³-hybridized carbons (Fsp3) is 0.214. The lowest BCUT2D eigenvalue weighted by molar-refractivity contribution is 0.0548. The van der Waals surface area contributed by atoms with Crippen molar-refractivity contribution in [2.75, 3.05) is 12.3 Å². The maximum absolute atomic E-state index is 14.5. The Kier molecular flexibility index (Phi) is 7.23. The van der Waals surface area contributed by atoms with Gasteiger partial charge in [-0.1, -0.05) is 18.7 Å². The molecule has 1 aliphatic rings. The van der Waals surface area contributed by atoms with Crippen molar-refractivity contribution in [2.24, 2.45) is 0 Å². The highest BCUT2D eigenvalue weighted by molar-refractivity contribution is 5.98. The first-order chi connectivity index (χ1) is 19.3. The predicted octanol–water partition coefficient (Wildman–Crippen LogP) is 2.84. The van der Waals surface area contributed by atoms with Crippen molar-refractivity contribution < 1.29 is 23.5 Å². The maximum Gasteiger partial charge on any atom is 0.338 e. The standard InChI is InChI=1S/C28H26FN7O4/c1-3-10-40-28(39)18-4-5-19-17(15(18)2)6-7-21(19)35-27(38)23-12-22(34-25-20(29)14-33-36(23)25)26(37)32-13-16-8-9-31-24(30)11-16/h3-5,8-9,11-12,14,21H,1,6-7,10,13H2,2H3,(H2,30,31)(H,32,37)(H,35,38)/t21-/m0/s1. The number of nitrogens with one attached hydrogen (secondary N) is 2. The monoisotopic (exact) mass is 543 g/mol. The molecule has 4 N–H and O–H groups in total. The van der Waals surface area contributed by atoms with E-state index in [0.717, 1.165) is 27.4 Å². The average molecular weight is 544 g/mol. The lowest BCUT2D eigenvalue weighted by Gasteiger charge is -2.16. The molecule has 0 spiro atoms. The quantitative estimate of drug-likeness (QED) is 0.227. The van der Waals surface area contributed by atoms with Gasteiger partial charge in [-0.3, -0.25) is 9.59 Å². The number of ether oxygens (including phenoxy) is 1. The number of nitrogens with two attached hydrogens (primary N) is 1. The molecule has 2 amide bonds. The molecular weight excluding hydrogens is 517 g/mol. The topological polar surface area (TPSA) is 154 Å². The molecule has 12 heteroatoms. The predicted molar refractivity (Wildman–Crippen MR) is 143 cm³/mol. The minimum Gasteiger partial charge on any atom is -0.458 e. The second kappa shape index (κ2) is 10.9. The van der Waals surface area contributed by atoms with Gasteiger partial charge < -0.3 is 21.1 Å². The molecule has 0 radical (unpaired) electrons. The minimum absolute atomic E-state index is 0.0537. The van der Waals surface area contributed by atoms with Crippen LogP contribution in [0.5, 0.6) is 0 Å². The molecule has 3 aromatic heterocycles. The van der Waals surface area contributed by atoms with Crippen LogP contribution in [0.15, 0.2) is 55.4 Å². The van der Waals surface area contributed by atoms with Crippen molar-refractivity contribution in [2.45, 2.75) is 32.4 Å². The lowest BCUT2D eigenvalue weighted by atomic mass is 9.98. The van der Waals surface area contributed by atoms with Crippen molar-refractivity contribution in [1.29, 1.82) is 0 Å². The Morgan fingerprint density at radius 3 is 2.85 bits per heavy atom. The van der Waals surface area contributed by atoms with Crippen LogP contribution in [0.2, 0.25) is 0 Å². The highest BCUT2D eigenvalue weighted by Crippen LogP contribution is 2.35. The van der Waals surface area contributed by atoms with Crippen molar-refractivity contribution in [3.8, 4) is 0 Å². The molecular formula is C28H26FN7O4. The van der Waals surface area contributed by atoms with Crippen LogP contribution >= 0.6 is 0 Å². The van der Waals surface area contributed by atoms with Crippen molar-refractivity contribution in [3.05, 3.63) is 100 Å². The number of hydrogen-bond donors (Lipinski definition) is 3. The van der Waals surface area contributed by atoms with Crippen molar-refractivity contribution in [3.63, 3.8) is 0 Å². The maximum atomic E-state index is 14.5. The highest BCUT2D eigenvalue weighted by atomic mass is 19.1. The molecule has 0 fully saturated rings. The number of fused-ring (bicyclic) bond motifs is 2. The Balaban J connectivity index is 1.38. The number of anilines is 1. The molecule has 1 atom stereocenters. The van der Waals surface area contributed by atoms with Crippen molar-refractivity contribution in [1.82, 2.24) is 30.2 Å². The number of hydrogen-bond acceptors (Lipinski definition) is 8. The van der Waals surface area contributed by atoms with E-state index in [9.17, 15) is 18.8 Å². The van der Waals surface area contributed by atoms with Gasteiger partial charge in [0.15, 0.2) is 11.5 Å². The fourth-order valence-electron chi connectivity index (χ4n) is 4.79. The molecule has 0 unspecified atom stereocenters. The lowest BCUT2D eigenvalue weighted by Crippen LogP contribution is -2.30. The molecule has 0 aliphatic heterocycles. The number of rotatable bonds is 8. The van der Waals surface area contributed by atoms with E-state index in [4.69, 9.17) is 10.5 Å². The molecule has 11 nitrogen and oxygen atoms in total. The zero-order valence-electron chi connectivity index (χ0n) is 21.6. The summed E-state index contributed by atoms with van der Waals surface area (Å²) in [6.07, 6.45) is 5.19. The van der Waals surface area contributed by atoms with Gasteiger partial charge >= 0.3 is 5.97 Å². The first-order valence-electron chi connectivity index (χ1n) is 12.5. The number of carbonyl (C=O) groups excluding carboxylic acids is 3. The summed E-state index contributed by atoms with van der Waals surface area (Å²) in [5, 5.41) is 9.59. The SMILES string of the molecule is C=CCOC(=O)c1ccc2c(c1C)CC[C@@H]2NC(=O)c1cc(C(=O)NCc2ccnc(N)c2)nc2c(F)cnn12. The molecule has 1 aliphatic carbocycles. The van der Waals surface area contributed by atoms with E-state index < -0.39 is 23.6 Å². The summed E-state index contributed by atoms with van der Waals surface area (Å²) in [7, 11) is 0. The molecule has 0 bridgehead atoms. The smallest absolute Gasteiger partial charge is 0.338 e. The van der Waals surface area contributed by atoms with E-state index >= 15 is 0 Å². The normalized spacial score (nSPS) is 14.0. The van der Waals surface area contributed by atoms with Gasteiger partial charge in [0.2, 0.25) is 0 Å². The van der Waals surface area contributed by atoms with E-state index in [-0.39, 0.29) is 36.2 Å². The first-order valence-corrected chi connectivity index (χ1v) is 12.5. The number of halogens is 1. The summed E-state index contributed by atoms with van der Waals surface area (Å²) in [5.41, 5.74) is 9.02. The van der Waals surface area contributed by atoms with Gasteiger partial charge in [-0.25, -0.2) is 23.7 Å². The Morgan fingerprint density at radius 1 is 1.25 bits per heavy atom. The summed E-state index contributed by atoms with van der Waals surface area (Å²) in [6, 6.07) is 7.68. The number of nitrogen functional groups attached to an aromatic ring is 1. The van der Waals surface area contributed by atoms with E-state index in [0.29, 0.717) is 29.8 Å². The van der Waals surface area contributed by atoms with Crippen LogP contribution in [0.25, 0.3) is 5.65 Å². The Morgan fingerprint density at radius 2 is 2.08 bits per heavy atom. The van der Waals surface area contributed by atoms with Gasteiger partial charge in [0, 0.05) is 18.8 Å². The van der Waals surface area contributed by atoms with Crippen LogP contribution in [0, 0.1) is 12.7 Å². The molecule has 40 heavy (non-hydrogen) atoms. The van der Waals surface area contributed by atoms with E-state index in [1.165, 1.54) is 18.3 Å². The number of amides is 2. The third-order valence-corrected chi connectivity index (χ3v) is 6.74. The third-order valence-electron chi connectivity index (χ3n) is 6.74. The van der Waals surface area contributed by atoms with Crippen LogP contribution in [0.4, 0.5) is 10.2 Å². The van der Waals surface area contributed by atoms with Crippen LogP contribution in [-0.2, 0) is 17.7 Å². The van der Waals surface area contributed by atoms with Crippen LogP contribution in [0.1, 0.15) is 66.1 Å². The van der Waals surface area contributed by atoms with Gasteiger partial charge in [0.1, 0.15) is 23.8 Å². The molecule has 5 rings (SSSR count). The number of benzene rings is 1. The van der Waals surface area contributed by atoms with E-state index in [2.05, 4.69) is 32.3 Å². The molecule has 0 saturated carbocycles. The van der Waals surface area contributed by atoms with Crippen molar-refractivity contribution >= 4 is 29.2 Å². The van der Waals surface area contributed by atoms with Crippen LogP contribution in [0.3, 0.4) is 0 Å². The Bertz CT molecular complexity index is 1670. The molecule has 0 saturated heterocycles. The first kappa shape index (κ1) is 26.5. The zero-order valence-corrected chi connectivity index (χ0v) is 21.6. The molecule has 3 heterocycles. The van der Waals surface area contributed by atoms with Gasteiger partial charge in [0.25, 0.3) is 11.8 Å². The summed E-state index contributed by atoms with van der Waals surface area (Å²) in [5.74, 6) is -2.07. The van der Waals surface area contributed by atoms with Gasteiger partial charge in [-0.2, -0.15) is 5.10 Å². The zero-order chi connectivity index (χ0) is 28.4. The number of carbonyl (C=O) groups is 3. The second-order valence-electron chi connectivity index (χ2n) is 9.28. The number of nitrogens with zero attached hydrogens (tertiary/aromatic N) is 4. The van der Waals surface area contributed by atoms with Gasteiger partial charge in [-0.15, -0.1) is 0 Å². The number of pyridine rings is 1. The summed E-state index contributed by atoms with van der Waals surface area (Å²) in [4.78, 5) is 46.7.